The Morgan fingerprint density at radius 1 is 0.774 bits per heavy atom. The number of esters is 4. The summed E-state index contributed by atoms with van der Waals surface area (Å²) in [5, 5.41) is 2.81. The Hall–Kier alpha value is -2.75. The first-order chi connectivity index (χ1) is 14.8. The molecule has 0 aromatic heterocycles. The lowest BCUT2D eigenvalue weighted by molar-refractivity contribution is -0.170. The maximum absolute atomic E-state index is 12.0. The number of nitrogens with zero attached hydrogens (tertiary/aromatic N) is 1. The van der Waals surface area contributed by atoms with E-state index in [4.69, 9.17) is 37.0 Å². The number of hydrogen-bond acceptors (Lipinski definition) is 11. The summed E-state index contributed by atoms with van der Waals surface area (Å²) in [7, 11) is 1.68. The molecule has 0 atom stereocenters. The van der Waals surface area contributed by atoms with Gasteiger partial charge in [0.25, 0.3) is 13.1 Å². The minimum Gasteiger partial charge on any atom is -0.465 e. The van der Waals surface area contributed by atoms with Crippen molar-refractivity contribution < 1.29 is 38.1 Å². The van der Waals surface area contributed by atoms with Gasteiger partial charge in [-0.25, -0.2) is 0 Å². The molecule has 0 saturated carbocycles. The average Bonchev–Trinajstić information content (AvgIpc) is 2.75. The third-order valence-corrected chi connectivity index (χ3v) is 3.88. The molecule has 5 N–H and O–H groups in total. The molecule has 0 aromatic carbocycles. The summed E-state index contributed by atoms with van der Waals surface area (Å²) in [6.45, 7) is 4.27. The van der Waals surface area contributed by atoms with E-state index in [0.29, 0.717) is 6.54 Å². The van der Waals surface area contributed by atoms with Gasteiger partial charge < -0.3 is 35.7 Å². The topological polar surface area (TPSA) is 174 Å². The molecule has 0 spiro atoms. The zero-order valence-electron chi connectivity index (χ0n) is 17.9. The molecule has 0 aromatic rings. The van der Waals surface area contributed by atoms with Crippen molar-refractivity contribution in [3.8, 4) is 6.57 Å². The summed E-state index contributed by atoms with van der Waals surface area (Å²) in [6.07, 6.45) is -0.0651. The Kier molecular flexibility index (Phi) is 15.5. The van der Waals surface area contributed by atoms with Crippen molar-refractivity contribution in [1.29, 1.82) is 0 Å². The van der Waals surface area contributed by atoms with Crippen molar-refractivity contribution in [1.82, 2.24) is 5.32 Å². The van der Waals surface area contributed by atoms with Crippen LogP contribution in [0.15, 0.2) is 0 Å². The van der Waals surface area contributed by atoms with Crippen LogP contribution in [0.25, 0.3) is 4.85 Å². The van der Waals surface area contributed by atoms with Gasteiger partial charge in [-0.1, -0.05) is 4.85 Å². The zero-order valence-corrected chi connectivity index (χ0v) is 17.9. The lowest BCUT2D eigenvalue weighted by Crippen LogP contribution is -2.44. The molecule has 0 aliphatic carbocycles. The first-order valence-corrected chi connectivity index (χ1v) is 9.86. The van der Waals surface area contributed by atoms with E-state index in [1.54, 1.807) is 7.05 Å². The maximum atomic E-state index is 12.0. The van der Waals surface area contributed by atoms with Gasteiger partial charge in [-0.3, -0.25) is 19.2 Å². The zero-order chi connectivity index (χ0) is 23.5. The Balaban J connectivity index is 5.40. The number of nitrogens with one attached hydrogen (secondary N) is 1. The first kappa shape index (κ1) is 28.2. The third-order valence-electron chi connectivity index (χ3n) is 3.88. The number of nitrogens with two attached hydrogens (primary N) is 2. The van der Waals surface area contributed by atoms with Crippen LogP contribution in [0.1, 0.15) is 25.7 Å². The normalized spacial score (nSPS) is 10.6. The van der Waals surface area contributed by atoms with Crippen LogP contribution in [0.4, 0.5) is 0 Å². The summed E-state index contributed by atoms with van der Waals surface area (Å²) >= 11 is 0. The number of rotatable bonds is 17. The largest absolute Gasteiger partial charge is 0.465 e. The van der Waals surface area contributed by atoms with Crippen LogP contribution >= 0.6 is 0 Å². The molecule has 12 heteroatoms. The standard InChI is InChI=1S/C19H33N4O8/c1-22-9-5-17(26)30-13-19(11-28-15(24)3-7-20,12-29-16(25)4-8-21)14-31-18(27)6-10-23-2/h1,23H,3-14,20-21H2,2H3/q+1. The third kappa shape index (κ3) is 14.0. The summed E-state index contributed by atoms with van der Waals surface area (Å²) < 4.78 is 20.9. The number of carbonyl (C=O) groups excluding carboxylic acids is 4. The molecule has 0 aliphatic heterocycles. The summed E-state index contributed by atoms with van der Waals surface area (Å²) in [5.74, 6) is -2.36. The van der Waals surface area contributed by atoms with Gasteiger partial charge in [0.15, 0.2) is 0 Å². The molecule has 0 amide bonds. The minimum absolute atomic E-state index is 0.0389. The van der Waals surface area contributed by atoms with Gasteiger partial charge in [0.2, 0.25) is 0 Å². The van der Waals surface area contributed by atoms with Crippen LogP contribution in [-0.2, 0) is 38.1 Å². The Morgan fingerprint density at radius 2 is 1.16 bits per heavy atom. The second kappa shape index (κ2) is 17.0. The van der Waals surface area contributed by atoms with Crippen molar-refractivity contribution in [3.05, 3.63) is 4.85 Å². The first-order valence-electron chi connectivity index (χ1n) is 9.86. The quantitative estimate of drug-likeness (QED) is 0.181. The van der Waals surface area contributed by atoms with Gasteiger partial charge in [-0.05, 0) is 7.05 Å². The fraction of sp³-hybridized carbons (Fsp3) is 0.737. The van der Waals surface area contributed by atoms with Crippen molar-refractivity contribution >= 4 is 23.9 Å². The lowest BCUT2D eigenvalue weighted by Gasteiger charge is -2.31. The summed E-state index contributed by atoms with van der Waals surface area (Å²) in [4.78, 5) is 50.8. The molecule has 0 rings (SSSR count). The summed E-state index contributed by atoms with van der Waals surface area (Å²) in [5.41, 5.74) is 9.37. The highest BCUT2D eigenvalue weighted by Gasteiger charge is 2.38. The monoisotopic (exact) mass is 445 g/mol. The van der Waals surface area contributed by atoms with Crippen molar-refractivity contribution in [2.45, 2.75) is 25.7 Å². The van der Waals surface area contributed by atoms with E-state index in [-0.39, 0.29) is 71.7 Å². The fourth-order valence-corrected chi connectivity index (χ4v) is 2.09. The van der Waals surface area contributed by atoms with Crippen LogP contribution in [0, 0.1) is 12.0 Å². The molecular weight excluding hydrogens is 412 g/mol. The smallest absolute Gasteiger partial charge is 0.313 e. The number of carbonyl (C=O) groups is 4. The molecule has 0 aliphatic rings. The van der Waals surface area contributed by atoms with E-state index in [9.17, 15) is 19.2 Å². The lowest BCUT2D eigenvalue weighted by atomic mass is 9.92. The van der Waals surface area contributed by atoms with E-state index in [0.717, 1.165) is 0 Å². The fourth-order valence-electron chi connectivity index (χ4n) is 2.09. The molecule has 0 fully saturated rings. The highest BCUT2D eigenvalue weighted by Crippen LogP contribution is 2.22. The maximum Gasteiger partial charge on any atom is 0.313 e. The van der Waals surface area contributed by atoms with E-state index in [1.807, 2.05) is 0 Å². The van der Waals surface area contributed by atoms with Crippen molar-refractivity contribution in [2.75, 3.05) is 59.7 Å². The highest BCUT2D eigenvalue weighted by atomic mass is 16.6. The Labute approximate surface area is 181 Å². The SMILES string of the molecule is C#[N+]CCC(=O)OCC(COC(=O)CCN)(COC(=O)CCN)COC(=O)CCNC. The van der Waals surface area contributed by atoms with Crippen molar-refractivity contribution in [3.63, 3.8) is 0 Å². The predicted octanol–water partition coefficient (Wildman–Crippen LogP) is -1.19. The van der Waals surface area contributed by atoms with Gasteiger partial charge >= 0.3 is 23.9 Å². The molecule has 0 heterocycles. The Bertz CT molecular complexity index is 599. The second-order valence-electron chi connectivity index (χ2n) is 6.73. The van der Waals surface area contributed by atoms with Gasteiger partial charge in [0.1, 0.15) is 38.3 Å². The van der Waals surface area contributed by atoms with Crippen LogP contribution in [-0.4, -0.2) is 83.5 Å². The Morgan fingerprint density at radius 3 is 1.52 bits per heavy atom. The number of ether oxygens (including phenoxy) is 4. The average molecular weight is 445 g/mol. The van der Waals surface area contributed by atoms with Crippen LogP contribution < -0.4 is 16.8 Å². The number of hydrogen-bond donors (Lipinski definition) is 3. The predicted molar refractivity (Wildman–Crippen MR) is 110 cm³/mol. The van der Waals surface area contributed by atoms with Crippen molar-refractivity contribution in [2.24, 2.45) is 16.9 Å². The van der Waals surface area contributed by atoms with Crippen LogP contribution in [0.2, 0.25) is 0 Å². The minimum atomic E-state index is -1.32. The molecule has 0 unspecified atom stereocenters. The van der Waals surface area contributed by atoms with Gasteiger partial charge in [-0.15, -0.1) is 0 Å². The molecule has 12 nitrogen and oxygen atoms in total. The van der Waals surface area contributed by atoms with E-state index < -0.39 is 29.3 Å². The molecule has 0 bridgehead atoms. The molecule has 31 heavy (non-hydrogen) atoms. The van der Waals surface area contributed by atoms with Crippen LogP contribution in [0.3, 0.4) is 0 Å². The molecule has 0 radical (unpaired) electrons. The van der Waals surface area contributed by atoms with E-state index in [2.05, 4.69) is 10.2 Å². The van der Waals surface area contributed by atoms with Gasteiger partial charge in [0, 0.05) is 19.6 Å². The van der Waals surface area contributed by atoms with Gasteiger partial charge in [-0.2, -0.15) is 0 Å². The van der Waals surface area contributed by atoms with E-state index in [1.165, 1.54) is 0 Å². The second-order valence-corrected chi connectivity index (χ2v) is 6.73. The highest BCUT2D eigenvalue weighted by molar-refractivity contribution is 5.71. The van der Waals surface area contributed by atoms with E-state index >= 15 is 0 Å². The van der Waals surface area contributed by atoms with Gasteiger partial charge in [0.05, 0.1) is 19.3 Å². The molecular formula is C19H33N4O8+. The molecule has 176 valence electrons. The molecule has 0 saturated heterocycles. The summed E-state index contributed by atoms with van der Waals surface area (Å²) in [6, 6.07) is 0. The van der Waals surface area contributed by atoms with Crippen LogP contribution in [0.5, 0.6) is 0 Å².